The van der Waals surface area contributed by atoms with Gasteiger partial charge in [0.25, 0.3) is 11.8 Å². The zero-order chi connectivity index (χ0) is 38.2. The number of aromatic nitrogens is 4. The third kappa shape index (κ3) is 8.86. The normalized spacial score (nSPS) is 12.6. The Balaban J connectivity index is 1.06. The van der Waals surface area contributed by atoms with Crippen molar-refractivity contribution in [2.45, 2.75) is 25.9 Å². The summed E-state index contributed by atoms with van der Waals surface area (Å²) in [5.41, 5.74) is 2.50. The molecule has 6 aromatic rings. The Morgan fingerprint density at radius 2 is 0.963 bits per heavy atom. The molecule has 0 saturated carbocycles. The Morgan fingerprint density at radius 1 is 0.574 bits per heavy atom. The third-order valence-electron chi connectivity index (χ3n) is 7.72. The molecule has 0 saturated heterocycles. The van der Waals surface area contributed by atoms with E-state index in [0.717, 1.165) is 0 Å². The quantitative estimate of drug-likeness (QED) is 0.0482. The van der Waals surface area contributed by atoms with Crippen molar-refractivity contribution in [3.8, 4) is 11.5 Å². The molecule has 6 N–H and O–H groups in total. The van der Waals surface area contributed by atoms with Crippen LogP contribution in [0.1, 0.15) is 13.8 Å². The molecular weight excluding hydrogens is 700 g/mol. The Hall–Kier alpha value is -7.50. The number of imidazole rings is 2. The van der Waals surface area contributed by atoms with E-state index < -0.39 is 46.8 Å². The first-order chi connectivity index (χ1) is 26.0. The van der Waals surface area contributed by atoms with Crippen LogP contribution in [0.3, 0.4) is 0 Å². The fourth-order valence-electron chi connectivity index (χ4n) is 5.15. The fourth-order valence-corrected chi connectivity index (χ4v) is 5.15. The maximum absolute atomic E-state index is 13.0. The highest BCUT2D eigenvalue weighted by atomic mass is 16.5. The molecule has 54 heavy (non-hydrogen) atoms. The summed E-state index contributed by atoms with van der Waals surface area (Å²) in [5, 5.41) is 21.5. The van der Waals surface area contributed by atoms with Crippen LogP contribution in [0.15, 0.2) is 115 Å². The van der Waals surface area contributed by atoms with Crippen molar-refractivity contribution in [1.82, 2.24) is 19.9 Å². The summed E-state index contributed by atoms with van der Waals surface area (Å²) in [7, 11) is 0. The SMILES string of the molecule is CC(=O)C(N=Nc1ccccc1OCCOc1ccccc1N=NC(C(C)=O)C(=O)Nc1ccc2[nH]c(=O)[nH]c2c1)C(=O)Nc1ccc2[nH]c(=O)[nH]c2c1. The van der Waals surface area contributed by atoms with Gasteiger partial charge in [0.1, 0.15) is 36.1 Å². The largest absolute Gasteiger partial charge is 0.488 e. The Kier molecular flexibility index (Phi) is 10.9. The first kappa shape index (κ1) is 36.3. The summed E-state index contributed by atoms with van der Waals surface area (Å²) < 4.78 is 11.7. The predicted octanol–water partition coefficient (Wildman–Crippen LogP) is 4.84. The molecule has 0 aliphatic heterocycles. The summed E-state index contributed by atoms with van der Waals surface area (Å²) >= 11 is 0. The molecule has 18 nitrogen and oxygen atoms in total. The van der Waals surface area contributed by atoms with Crippen molar-refractivity contribution < 1.29 is 28.7 Å². The van der Waals surface area contributed by atoms with Gasteiger partial charge in [0, 0.05) is 11.4 Å². The van der Waals surface area contributed by atoms with Crippen molar-refractivity contribution in [3.63, 3.8) is 0 Å². The first-order valence-corrected chi connectivity index (χ1v) is 16.4. The molecule has 0 bridgehead atoms. The van der Waals surface area contributed by atoms with Crippen LogP contribution in [0, 0.1) is 0 Å². The number of amides is 2. The van der Waals surface area contributed by atoms with Crippen LogP contribution < -0.4 is 31.5 Å². The monoisotopic (exact) mass is 732 g/mol. The number of aromatic amines is 4. The van der Waals surface area contributed by atoms with Crippen LogP contribution >= 0.6 is 0 Å². The molecule has 0 spiro atoms. The lowest BCUT2D eigenvalue weighted by Crippen LogP contribution is -2.31. The van der Waals surface area contributed by atoms with E-state index in [1.807, 2.05) is 0 Å². The van der Waals surface area contributed by atoms with E-state index >= 15 is 0 Å². The van der Waals surface area contributed by atoms with Crippen LogP contribution in [0.4, 0.5) is 22.7 Å². The third-order valence-corrected chi connectivity index (χ3v) is 7.72. The van der Waals surface area contributed by atoms with Crippen LogP contribution in [0.2, 0.25) is 0 Å². The molecule has 0 fully saturated rings. The number of benzene rings is 4. The first-order valence-electron chi connectivity index (χ1n) is 16.4. The number of carbonyl (C=O) groups excluding carboxylic acids is 4. The molecule has 2 atom stereocenters. The Bertz CT molecular complexity index is 2370. The molecule has 6 rings (SSSR count). The molecule has 2 amide bonds. The number of rotatable bonds is 15. The van der Waals surface area contributed by atoms with Gasteiger partial charge in [-0.25, -0.2) is 9.59 Å². The number of ether oxygens (including phenoxy) is 2. The average molecular weight is 733 g/mol. The van der Waals surface area contributed by atoms with Crippen molar-refractivity contribution >= 4 is 68.2 Å². The molecule has 274 valence electrons. The Morgan fingerprint density at radius 3 is 1.37 bits per heavy atom. The van der Waals surface area contributed by atoms with Crippen molar-refractivity contribution in [2.75, 3.05) is 23.8 Å². The number of ketones is 2. The van der Waals surface area contributed by atoms with Gasteiger partial charge in [0.15, 0.2) is 11.6 Å². The van der Waals surface area contributed by atoms with Gasteiger partial charge in [-0.2, -0.15) is 20.5 Å². The standard InChI is InChI=1S/C36H32N10O8/c1-19(47)31(33(49)37-21-11-13-23-27(17-21)41-35(51)39-23)45-43-25-7-3-5-9-29(25)53-15-16-54-30-10-6-4-8-26(30)44-46-32(20(2)48)34(50)38-22-12-14-24-28(18-22)42-36(52)40-24/h3-14,17-18,31-32H,15-16H2,1-2H3,(H,37,49)(H,38,50)(H2,39,41,51)(H2,40,42,52). The lowest BCUT2D eigenvalue weighted by Gasteiger charge is -2.12. The maximum atomic E-state index is 13.0. The molecule has 0 aliphatic rings. The molecule has 4 aromatic carbocycles. The van der Waals surface area contributed by atoms with E-state index in [4.69, 9.17) is 9.47 Å². The number of hydrogen-bond acceptors (Lipinski definition) is 12. The number of nitrogens with zero attached hydrogens (tertiary/aromatic N) is 4. The maximum Gasteiger partial charge on any atom is 0.323 e. The lowest BCUT2D eigenvalue weighted by atomic mass is 10.2. The molecule has 2 heterocycles. The number of hydrogen-bond donors (Lipinski definition) is 6. The summed E-state index contributed by atoms with van der Waals surface area (Å²) in [6.45, 7) is 2.51. The lowest BCUT2D eigenvalue weighted by molar-refractivity contribution is -0.127. The van der Waals surface area contributed by atoms with Gasteiger partial charge in [-0.15, -0.1) is 0 Å². The summed E-state index contributed by atoms with van der Waals surface area (Å²) in [5.74, 6) is -1.90. The van der Waals surface area contributed by atoms with Crippen LogP contribution in [-0.4, -0.2) is 68.6 Å². The van der Waals surface area contributed by atoms with Crippen molar-refractivity contribution in [1.29, 1.82) is 0 Å². The van der Waals surface area contributed by atoms with Gasteiger partial charge in [-0.3, -0.25) is 19.2 Å². The zero-order valence-electron chi connectivity index (χ0n) is 28.7. The predicted molar refractivity (Wildman–Crippen MR) is 197 cm³/mol. The number of azo groups is 2. The molecule has 0 aliphatic carbocycles. The van der Waals surface area contributed by atoms with E-state index in [9.17, 15) is 28.8 Å². The van der Waals surface area contributed by atoms with Crippen molar-refractivity contribution in [3.05, 3.63) is 106 Å². The topological polar surface area (TPSA) is 258 Å². The summed E-state index contributed by atoms with van der Waals surface area (Å²) in [6.07, 6.45) is 0. The second-order valence-electron chi connectivity index (χ2n) is 11.7. The minimum atomic E-state index is -1.46. The number of nitrogens with one attached hydrogen (secondary N) is 6. The number of fused-ring (bicyclic) bond motifs is 2. The van der Waals surface area contributed by atoms with Gasteiger partial charge < -0.3 is 40.0 Å². The minimum Gasteiger partial charge on any atom is -0.488 e. The van der Waals surface area contributed by atoms with Gasteiger partial charge >= 0.3 is 11.4 Å². The molecule has 2 unspecified atom stereocenters. The van der Waals surface area contributed by atoms with E-state index in [1.54, 1.807) is 84.9 Å². The number of carbonyl (C=O) groups is 4. The van der Waals surface area contributed by atoms with E-state index in [2.05, 4.69) is 51.0 Å². The number of para-hydroxylation sites is 2. The molecule has 18 heteroatoms. The summed E-state index contributed by atoms with van der Waals surface area (Å²) in [4.78, 5) is 84.2. The number of H-pyrrole nitrogens is 4. The summed E-state index contributed by atoms with van der Waals surface area (Å²) in [6, 6.07) is 19.8. The van der Waals surface area contributed by atoms with Crippen molar-refractivity contribution in [2.24, 2.45) is 20.5 Å². The van der Waals surface area contributed by atoms with Gasteiger partial charge in [0.05, 0.1) is 22.1 Å². The van der Waals surface area contributed by atoms with Gasteiger partial charge in [-0.05, 0) is 74.5 Å². The van der Waals surface area contributed by atoms with Crippen LogP contribution in [0.5, 0.6) is 11.5 Å². The highest BCUT2D eigenvalue weighted by Crippen LogP contribution is 2.30. The second kappa shape index (κ2) is 16.2. The highest BCUT2D eigenvalue weighted by Gasteiger charge is 2.25. The van der Waals surface area contributed by atoms with Gasteiger partial charge in [0.2, 0.25) is 12.1 Å². The Labute approximate surface area is 304 Å². The second-order valence-corrected chi connectivity index (χ2v) is 11.7. The van der Waals surface area contributed by atoms with Gasteiger partial charge in [-0.1, -0.05) is 24.3 Å². The zero-order valence-corrected chi connectivity index (χ0v) is 28.7. The molecule has 2 aromatic heterocycles. The highest BCUT2D eigenvalue weighted by molar-refractivity contribution is 6.11. The molecular formula is C36H32N10O8. The fraction of sp³-hybridized carbons (Fsp3) is 0.167. The van der Waals surface area contributed by atoms with E-state index in [-0.39, 0.29) is 24.6 Å². The number of Topliss-reactive ketones (excluding diaryl/α,β-unsaturated/α-hetero) is 2. The van der Waals surface area contributed by atoms with E-state index in [1.165, 1.54) is 13.8 Å². The van der Waals surface area contributed by atoms with E-state index in [0.29, 0.717) is 44.9 Å². The molecule has 0 radical (unpaired) electrons. The van der Waals surface area contributed by atoms with Crippen LogP contribution in [-0.2, 0) is 19.2 Å². The van der Waals surface area contributed by atoms with Crippen LogP contribution in [0.25, 0.3) is 22.1 Å². The minimum absolute atomic E-state index is 0.0353. The number of anilines is 2. The smallest absolute Gasteiger partial charge is 0.323 e. The average Bonchev–Trinajstić information content (AvgIpc) is 3.70.